The zero-order chi connectivity index (χ0) is 29.9. The molecule has 2 amide bonds. The lowest BCUT2D eigenvalue weighted by Gasteiger charge is -2.37. The Bertz CT molecular complexity index is 1230. The molecule has 1 aromatic carbocycles. The van der Waals surface area contributed by atoms with Gasteiger partial charge in [0, 0.05) is 13.1 Å². The minimum Gasteiger partial charge on any atom is -0.489 e. The zero-order valence-corrected chi connectivity index (χ0v) is 25.7. The Hall–Kier alpha value is -3.29. The predicted octanol–water partition coefficient (Wildman–Crippen LogP) is 5.91. The Morgan fingerprint density at radius 3 is 2.44 bits per heavy atom. The number of methoxy groups -OCH3 is 1. The molecular weight excluding hydrogens is 520 g/mol. The molecule has 0 spiro atoms. The lowest BCUT2D eigenvalue weighted by atomic mass is 9.74. The van der Waals surface area contributed by atoms with Gasteiger partial charge in [-0.3, -0.25) is 9.69 Å². The molecule has 8 nitrogen and oxygen atoms in total. The van der Waals surface area contributed by atoms with Crippen LogP contribution in [-0.4, -0.2) is 55.3 Å². The van der Waals surface area contributed by atoms with Crippen LogP contribution >= 0.6 is 0 Å². The van der Waals surface area contributed by atoms with E-state index in [1.54, 1.807) is 0 Å². The summed E-state index contributed by atoms with van der Waals surface area (Å²) >= 11 is 0. The Balaban J connectivity index is 1.51. The van der Waals surface area contributed by atoms with Crippen molar-refractivity contribution in [1.82, 2.24) is 10.2 Å². The van der Waals surface area contributed by atoms with E-state index in [9.17, 15) is 14.4 Å². The van der Waals surface area contributed by atoms with Gasteiger partial charge in [0.2, 0.25) is 11.5 Å². The van der Waals surface area contributed by atoms with Crippen molar-refractivity contribution in [1.29, 1.82) is 0 Å². The quantitative estimate of drug-likeness (QED) is 0.316. The standard InChI is InChI=1S/C33H46N2O6/c1-20(2)16-22(21(3)4)12-14-34-30(36)29-28-11-9-26(40-19-25-17-23-8-10-27(23)25)18-24(28)13-15-35(29)32(38)41-33(5,6)31(37)39-7/h9,11,17-18,20-22,29H,8,10,12-16,19H2,1-7H3,(H,34,36). The average Bonchev–Trinajstić information content (AvgIpc) is 2.91. The SMILES string of the molecule is COC(=O)C(C)(C)OC(=O)N1CCc2cc(OCC3=C4CCC4=C3)ccc2C1C(=O)NCCC(CC(C)C)C(C)C. The van der Waals surface area contributed by atoms with Crippen molar-refractivity contribution >= 4 is 18.0 Å². The van der Waals surface area contributed by atoms with Crippen LogP contribution in [0.1, 0.15) is 84.4 Å². The fraction of sp³-hybridized carbons (Fsp3) is 0.606. The van der Waals surface area contributed by atoms with Crippen LogP contribution in [0.2, 0.25) is 0 Å². The van der Waals surface area contributed by atoms with Gasteiger partial charge in [0.15, 0.2) is 0 Å². The predicted molar refractivity (Wildman–Crippen MR) is 157 cm³/mol. The van der Waals surface area contributed by atoms with Crippen LogP contribution in [0.4, 0.5) is 4.79 Å². The van der Waals surface area contributed by atoms with Gasteiger partial charge in [-0.25, -0.2) is 9.59 Å². The van der Waals surface area contributed by atoms with E-state index >= 15 is 0 Å². The molecule has 0 saturated heterocycles. The van der Waals surface area contributed by atoms with Crippen molar-refractivity contribution < 1.29 is 28.6 Å². The molecule has 2 unspecified atom stereocenters. The topological polar surface area (TPSA) is 94.2 Å². The highest BCUT2D eigenvalue weighted by Gasteiger charge is 2.41. The number of allylic oxidation sites excluding steroid dienone is 2. The summed E-state index contributed by atoms with van der Waals surface area (Å²) in [7, 11) is 1.25. The average molecular weight is 567 g/mol. The van der Waals surface area contributed by atoms with Gasteiger partial charge in [-0.05, 0) is 104 Å². The van der Waals surface area contributed by atoms with Crippen LogP contribution in [-0.2, 0) is 25.5 Å². The lowest BCUT2D eigenvalue weighted by Crippen LogP contribution is -2.50. The van der Waals surface area contributed by atoms with Gasteiger partial charge in [0.25, 0.3) is 0 Å². The summed E-state index contributed by atoms with van der Waals surface area (Å²) in [5, 5.41) is 3.10. The summed E-state index contributed by atoms with van der Waals surface area (Å²) in [6.45, 7) is 13.2. The van der Waals surface area contributed by atoms with Gasteiger partial charge in [0.1, 0.15) is 18.4 Å². The minimum absolute atomic E-state index is 0.261. The van der Waals surface area contributed by atoms with Crippen LogP contribution < -0.4 is 10.1 Å². The number of carbonyl (C=O) groups excluding carboxylic acids is 3. The van der Waals surface area contributed by atoms with E-state index in [1.165, 1.54) is 49.0 Å². The van der Waals surface area contributed by atoms with Crippen LogP contribution in [0.25, 0.3) is 0 Å². The molecular formula is C33H46N2O6. The number of fused-ring (bicyclic) bond motifs is 2. The first-order valence-corrected chi connectivity index (χ1v) is 15.0. The second-order valence-corrected chi connectivity index (χ2v) is 12.8. The second-order valence-electron chi connectivity index (χ2n) is 12.8. The monoisotopic (exact) mass is 566 g/mol. The van der Waals surface area contributed by atoms with Crippen molar-refractivity contribution in [2.45, 2.75) is 85.3 Å². The highest BCUT2D eigenvalue weighted by atomic mass is 16.6. The fourth-order valence-electron chi connectivity index (χ4n) is 5.97. The van der Waals surface area contributed by atoms with E-state index in [-0.39, 0.29) is 12.5 Å². The van der Waals surface area contributed by atoms with Gasteiger partial charge in [0.05, 0.1) is 7.11 Å². The Morgan fingerprint density at radius 1 is 1.10 bits per heavy atom. The van der Waals surface area contributed by atoms with Gasteiger partial charge in [-0.2, -0.15) is 0 Å². The summed E-state index contributed by atoms with van der Waals surface area (Å²) in [6.07, 6.45) is 6.29. The molecule has 1 N–H and O–H groups in total. The molecule has 0 radical (unpaired) electrons. The molecule has 4 rings (SSSR count). The molecule has 2 aliphatic carbocycles. The number of benzene rings is 1. The number of rotatable bonds is 12. The molecule has 1 fully saturated rings. The highest BCUT2D eigenvalue weighted by molar-refractivity contribution is 5.89. The van der Waals surface area contributed by atoms with E-state index in [1.807, 2.05) is 18.2 Å². The Morgan fingerprint density at radius 2 is 1.85 bits per heavy atom. The first-order valence-electron chi connectivity index (χ1n) is 15.0. The molecule has 1 aromatic rings. The maximum atomic E-state index is 13.7. The second kappa shape index (κ2) is 12.7. The van der Waals surface area contributed by atoms with E-state index < -0.39 is 23.7 Å². The molecule has 1 heterocycles. The van der Waals surface area contributed by atoms with Gasteiger partial charge in [-0.15, -0.1) is 0 Å². The molecule has 41 heavy (non-hydrogen) atoms. The van der Waals surface area contributed by atoms with Crippen molar-refractivity contribution in [3.63, 3.8) is 0 Å². The molecule has 3 aliphatic rings. The third-order valence-electron chi connectivity index (χ3n) is 8.54. The van der Waals surface area contributed by atoms with Crippen LogP contribution in [0.15, 0.2) is 41.0 Å². The van der Waals surface area contributed by atoms with E-state index in [2.05, 4.69) is 39.1 Å². The maximum absolute atomic E-state index is 13.7. The van der Waals surface area contributed by atoms with Crippen molar-refractivity contribution in [2.75, 3.05) is 26.8 Å². The number of nitrogens with one attached hydrogen (secondary N) is 1. The van der Waals surface area contributed by atoms with Gasteiger partial charge in [-0.1, -0.05) is 39.8 Å². The zero-order valence-electron chi connectivity index (χ0n) is 25.7. The first-order chi connectivity index (χ1) is 19.4. The number of amides is 2. The molecule has 0 bridgehead atoms. The number of nitrogens with zero attached hydrogens (tertiary/aromatic N) is 1. The van der Waals surface area contributed by atoms with Crippen LogP contribution in [0.3, 0.4) is 0 Å². The summed E-state index contributed by atoms with van der Waals surface area (Å²) in [4.78, 5) is 40.7. The minimum atomic E-state index is -1.49. The summed E-state index contributed by atoms with van der Waals surface area (Å²) in [6, 6.07) is 4.83. The van der Waals surface area contributed by atoms with Crippen molar-refractivity contribution in [3.8, 4) is 5.75 Å². The van der Waals surface area contributed by atoms with Crippen LogP contribution in [0.5, 0.6) is 5.75 Å². The third-order valence-corrected chi connectivity index (χ3v) is 8.54. The lowest BCUT2D eigenvalue weighted by molar-refractivity contribution is -0.160. The third kappa shape index (κ3) is 6.96. The van der Waals surface area contributed by atoms with E-state index in [4.69, 9.17) is 14.2 Å². The normalized spacial score (nSPS) is 18.5. The highest BCUT2D eigenvalue weighted by Crippen LogP contribution is 2.44. The number of hydrogen-bond donors (Lipinski definition) is 1. The first kappa shape index (κ1) is 30.7. The fourth-order valence-corrected chi connectivity index (χ4v) is 5.97. The Kier molecular flexibility index (Phi) is 9.50. The molecule has 0 aromatic heterocycles. The summed E-state index contributed by atoms with van der Waals surface area (Å²) in [5.74, 6) is 1.40. The molecule has 8 heteroatoms. The maximum Gasteiger partial charge on any atom is 0.411 e. The number of esters is 1. The van der Waals surface area contributed by atoms with Crippen molar-refractivity contribution in [2.24, 2.45) is 17.8 Å². The van der Waals surface area contributed by atoms with Crippen LogP contribution in [0, 0.1) is 17.8 Å². The smallest absolute Gasteiger partial charge is 0.411 e. The van der Waals surface area contributed by atoms with E-state index in [0.29, 0.717) is 37.3 Å². The Labute approximate surface area is 244 Å². The molecule has 2 atom stereocenters. The summed E-state index contributed by atoms with van der Waals surface area (Å²) < 4.78 is 16.5. The molecule has 1 aliphatic heterocycles. The molecule has 1 saturated carbocycles. The van der Waals surface area contributed by atoms with Crippen molar-refractivity contribution in [3.05, 3.63) is 52.1 Å². The van der Waals surface area contributed by atoms with Gasteiger partial charge < -0.3 is 19.5 Å². The molecule has 224 valence electrons. The van der Waals surface area contributed by atoms with Gasteiger partial charge >= 0.3 is 12.1 Å². The number of carbonyl (C=O) groups is 3. The van der Waals surface area contributed by atoms with E-state index in [0.717, 1.165) is 36.1 Å². The largest absolute Gasteiger partial charge is 0.489 e. The number of hydrogen-bond acceptors (Lipinski definition) is 6. The summed E-state index contributed by atoms with van der Waals surface area (Å²) in [5.41, 5.74) is 4.37. The number of ether oxygens (including phenoxy) is 3.